The summed E-state index contributed by atoms with van der Waals surface area (Å²) in [5, 5.41) is 9.03. The molecule has 1 aromatic rings. The van der Waals surface area contributed by atoms with E-state index in [4.69, 9.17) is 5.26 Å². The van der Waals surface area contributed by atoms with Crippen molar-refractivity contribution in [3.05, 3.63) is 35.9 Å². The van der Waals surface area contributed by atoms with Crippen LogP contribution >= 0.6 is 11.8 Å². The van der Waals surface area contributed by atoms with Crippen LogP contribution in [0.25, 0.3) is 0 Å². The zero-order valence-electron chi connectivity index (χ0n) is 8.60. The number of hydrogen-bond donors (Lipinski definition) is 0. The van der Waals surface area contributed by atoms with E-state index in [1.54, 1.807) is 11.8 Å². The van der Waals surface area contributed by atoms with Gasteiger partial charge in [-0.25, -0.2) is 0 Å². The van der Waals surface area contributed by atoms with Gasteiger partial charge in [0.25, 0.3) is 0 Å². The fraction of sp³-hybridized carbons (Fsp3) is 0.417. The van der Waals surface area contributed by atoms with Gasteiger partial charge in [0.05, 0.1) is 6.07 Å². The summed E-state index contributed by atoms with van der Waals surface area (Å²) in [6, 6.07) is 12.8. The van der Waals surface area contributed by atoms with Crippen molar-refractivity contribution < 1.29 is 0 Å². The molecule has 0 aromatic heterocycles. The zero-order valence-corrected chi connectivity index (χ0v) is 9.41. The molecule has 1 atom stereocenters. The van der Waals surface area contributed by atoms with Gasteiger partial charge < -0.3 is 0 Å². The first kappa shape index (κ1) is 10.5. The maximum absolute atomic E-state index is 8.88. The second-order valence-electron chi connectivity index (χ2n) is 3.71. The monoisotopic (exact) mass is 218 g/mol. The molecule has 0 amide bonds. The first-order valence-electron chi connectivity index (χ1n) is 5.16. The van der Waals surface area contributed by atoms with Crippen molar-refractivity contribution in [2.75, 3.05) is 18.8 Å². The van der Waals surface area contributed by atoms with Gasteiger partial charge in [0.15, 0.2) is 0 Å². The normalized spacial score (nSPS) is 22.2. The number of nitriles is 1. The van der Waals surface area contributed by atoms with Crippen molar-refractivity contribution in [1.82, 2.24) is 4.90 Å². The molecule has 3 heteroatoms. The lowest BCUT2D eigenvalue weighted by molar-refractivity contribution is 0.284. The molecule has 0 saturated carbocycles. The topological polar surface area (TPSA) is 27.0 Å². The van der Waals surface area contributed by atoms with E-state index >= 15 is 0 Å². The van der Waals surface area contributed by atoms with E-state index in [9.17, 15) is 0 Å². The number of hydrogen-bond acceptors (Lipinski definition) is 3. The van der Waals surface area contributed by atoms with Gasteiger partial charge in [0.2, 0.25) is 0 Å². The molecule has 0 bridgehead atoms. The molecular formula is C12H14N2S. The number of benzene rings is 1. The van der Waals surface area contributed by atoms with Crippen LogP contribution in [0.1, 0.15) is 5.56 Å². The summed E-state index contributed by atoms with van der Waals surface area (Å²) in [4.78, 5) is 2.36. The van der Waals surface area contributed by atoms with E-state index in [0.717, 1.165) is 25.4 Å². The van der Waals surface area contributed by atoms with Gasteiger partial charge in [-0.2, -0.15) is 5.26 Å². The summed E-state index contributed by atoms with van der Waals surface area (Å²) in [5.74, 6) is 1.07. The molecule has 1 heterocycles. The predicted molar refractivity (Wildman–Crippen MR) is 63.6 cm³/mol. The summed E-state index contributed by atoms with van der Waals surface area (Å²) in [7, 11) is 0. The van der Waals surface area contributed by atoms with Gasteiger partial charge in [-0.3, -0.25) is 4.90 Å². The number of rotatable bonds is 2. The Balaban J connectivity index is 1.93. The second kappa shape index (κ2) is 5.20. The molecule has 15 heavy (non-hydrogen) atoms. The van der Waals surface area contributed by atoms with E-state index in [0.29, 0.717) is 0 Å². The quantitative estimate of drug-likeness (QED) is 0.761. The van der Waals surface area contributed by atoms with Gasteiger partial charge in [-0.1, -0.05) is 30.3 Å². The Morgan fingerprint density at radius 3 is 2.93 bits per heavy atom. The molecule has 2 rings (SSSR count). The Morgan fingerprint density at radius 2 is 2.20 bits per heavy atom. The summed E-state index contributed by atoms with van der Waals surface area (Å²) >= 11 is 1.77. The molecular weight excluding hydrogens is 204 g/mol. The van der Waals surface area contributed by atoms with Crippen molar-refractivity contribution in [2.45, 2.75) is 11.8 Å². The SMILES string of the molecule is N#CC1CN(Cc2ccccc2)CCS1. The predicted octanol–water partition coefficient (Wildman–Crippen LogP) is 2.13. The molecule has 0 radical (unpaired) electrons. The van der Waals surface area contributed by atoms with Crippen LogP contribution in [-0.2, 0) is 6.54 Å². The molecule has 1 fully saturated rings. The fourth-order valence-electron chi connectivity index (χ4n) is 1.77. The smallest absolute Gasteiger partial charge is 0.104 e. The molecule has 1 aromatic carbocycles. The third-order valence-corrected chi connectivity index (χ3v) is 3.62. The highest BCUT2D eigenvalue weighted by Crippen LogP contribution is 2.19. The highest BCUT2D eigenvalue weighted by molar-refractivity contribution is 8.00. The van der Waals surface area contributed by atoms with Crippen LogP contribution in [0, 0.1) is 11.3 Å². The summed E-state index contributed by atoms with van der Waals surface area (Å²) in [6.45, 7) is 2.97. The lowest BCUT2D eigenvalue weighted by atomic mass is 10.2. The highest BCUT2D eigenvalue weighted by atomic mass is 32.2. The third kappa shape index (κ3) is 2.98. The molecule has 2 nitrogen and oxygen atoms in total. The number of thioether (sulfide) groups is 1. The fourth-order valence-corrected chi connectivity index (χ4v) is 2.80. The molecule has 0 N–H and O–H groups in total. The summed E-state index contributed by atoms with van der Waals surface area (Å²) < 4.78 is 0. The first-order chi connectivity index (χ1) is 7.38. The lowest BCUT2D eigenvalue weighted by Gasteiger charge is -2.29. The Morgan fingerprint density at radius 1 is 1.40 bits per heavy atom. The van der Waals surface area contributed by atoms with Crippen molar-refractivity contribution in [1.29, 1.82) is 5.26 Å². The van der Waals surface area contributed by atoms with Crippen LogP contribution in [0.15, 0.2) is 30.3 Å². The van der Waals surface area contributed by atoms with Crippen molar-refractivity contribution in [2.24, 2.45) is 0 Å². The number of nitrogens with zero attached hydrogens (tertiary/aromatic N) is 2. The van der Waals surface area contributed by atoms with Crippen LogP contribution in [0.2, 0.25) is 0 Å². The minimum absolute atomic E-state index is 0.155. The van der Waals surface area contributed by atoms with Crippen LogP contribution < -0.4 is 0 Å². The molecule has 1 unspecified atom stereocenters. The Kier molecular flexibility index (Phi) is 3.65. The summed E-state index contributed by atoms with van der Waals surface area (Å²) in [5.41, 5.74) is 1.33. The largest absolute Gasteiger partial charge is 0.296 e. The Hall–Kier alpha value is -0.980. The average molecular weight is 218 g/mol. The van der Waals surface area contributed by atoms with Gasteiger partial charge in [0, 0.05) is 25.4 Å². The van der Waals surface area contributed by atoms with E-state index in [-0.39, 0.29) is 5.25 Å². The molecule has 1 aliphatic heterocycles. The van der Waals surface area contributed by atoms with Crippen LogP contribution in [-0.4, -0.2) is 29.0 Å². The summed E-state index contributed by atoms with van der Waals surface area (Å²) in [6.07, 6.45) is 0. The Bertz CT molecular complexity index is 344. The van der Waals surface area contributed by atoms with Crippen molar-refractivity contribution in [3.63, 3.8) is 0 Å². The maximum atomic E-state index is 8.88. The van der Waals surface area contributed by atoms with Gasteiger partial charge in [-0.05, 0) is 5.56 Å². The van der Waals surface area contributed by atoms with Crippen molar-refractivity contribution in [3.8, 4) is 6.07 Å². The van der Waals surface area contributed by atoms with Crippen LogP contribution in [0.4, 0.5) is 0 Å². The first-order valence-corrected chi connectivity index (χ1v) is 6.21. The molecule has 0 aliphatic carbocycles. The molecule has 1 saturated heterocycles. The maximum Gasteiger partial charge on any atom is 0.104 e. The van der Waals surface area contributed by atoms with E-state index in [1.165, 1.54) is 5.56 Å². The molecule has 78 valence electrons. The molecule has 1 aliphatic rings. The molecule has 0 spiro atoms. The van der Waals surface area contributed by atoms with Crippen LogP contribution in [0.3, 0.4) is 0 Å². The van der Waals surface area contributed by atoms with Gasteiger partial charge in [0.1, 0.15) is 5.25 Å². The minimum atomic E-state index is 0.155. The minimum Gasteiger partial charge on any atom is -0.296 e. The van der Waals surface area contributed by atoms with E-state index in [1.807, 2.05) is 6.07 Å². The van der Waals surface area contributed by atoms with E-state index in [2.05, 4.69) is 35.2 Å². The lowest BCUT2D eigenvalue weighted by Crippen LogP contribution is -2.36. The van der Waals surface area contributed by atoms with Gasteiger partial charge in [-0.15, -0.1) is 11.8 Å². The Labute approximate surface area is 94.9 Å². The van der Waals surface area contributed by atoms with Gasteiger partial charge >= 0.3 is 0 Å². The zero-order chi connectivity index (χ0) is 10.5. The standard InChI is InChI=1S/C12H14N2S/c13-8-12-10-14(6-7-15-12)9-11-4-2-1-3-5-11/h1-5,12H,6-7,9-10H2. The van der Waals surface area contributed by atoms with Crippen LogP contribution in [0.5, 0.6) is 0 Å². The average Bonchev–Trinajstić information content (AvgIpc) is 2.31. The van der Waals surface area contributed by atoms with Crippen molar-refractivity contribution >= 4 is 11.8 Å². The second-order valence-corrected chi connectivity index (χ2v) is 5.02. The van der Waals surface area contributed by atoms with E-state index < -0.39 is 0 Å². The third-order valence-electron chi connectivity index (χ3n) is 2.54. The highest BCUT2D eigenvalue weighted by Gasteiger charge is 2.19.